The number of hydrogen-bond donors (Lipinski definition) is 1. The third-order valence-electron chi connectivity index (χ3n) is 5.61. The molecule has 0 amide bonds. The summed E-state index contributed by atoms with van der Waals surface area (Å²) >= 11 is 0. The highest BCUT2D eigenvalue weighted by molar-refractivity contribution is 5.55. The lowest BCUT2D eigenvalue weighted by Gasteiger charge is -2.23. The Morgan fingerprint density at radius 2 is 1.43 bits per heavy atom. The number of alkyl halides is 3. The molecule has 30 heavy (non-hydrogen) atoms. The van der Waals surface area contributed by atoms with Crippen molar-refractivity contribution in [3.05, 3.63) is 36.0 Å². The van der Waals surface area contributed by atoms with E-state index in [1.807, 2.05) is 12.1 Å². The summed E-state index contributed by atoms with van der Waals surface area (Å²) in [5.41, 5.74) is -0.284. The van der Waals surface area contributed by atoms with Gasteiger partial charge in [0.2, 0.25) is 11.8 Å². The first-order valence-corrected chi connectivity index (χ1v) is 10.6. The molecule has 2 aliphatic carbocycles. The largest absolute Gasteiger partial charge is 0.490 e. The van der Waals surface area contributed by atoms with Gasteiger partial charge in [0.15, 0.2) is 0 Å². The molecule has 0 unspecified atom stereocenters. The SMILES string of the molecule is FC(F)(F)c1cnc(Nc2ccc(OC3CCCCC3)cc2)nc1OC1CCCC1. The fraction of sp³-hybridized carbons (Fsp3) is 0.545. The topological polar surface area (TPSA) is 56.3 Å². The standard InChI is InChI=1S/C22H26F3N3O2/c23-22(24,25)19-14-26-21(28-20(19)30-17-8-4-5-9-17)27-15-10-12-18(13-11-15)29-16-6-2-1-3-7-16/h10-14,16-17H,1-9H2,(H,26,27,28). The van der Waals surface area contributed by atoms with Crippen LogP contribution in [0.2, 0.25) is 0 Å². The number of nitrogens with one attached hydrogen (secondary N) is 1. The van der Waals surface area contributed by atoms with Gasteiger partial charge in [-0.3, -0.25) is 0 Å². The molecule has 0 bridgehead atoms. The van der Waals surface area contributed by atoms with Gasteiger partial charge in [0, 0.05) is 11.9 Å². The van der Waals surface area contributed by atoms with Crippen LogP contribution >= 0.6 is 0 Å². The molecular formula is C22H26F3N3O2. The number of nitrogens with zero attached hydrogens (tertiary/aromatic N) is 2. The second-order valence-corrected chi connectivity index (χ2v) is 7.96. The molecule has 0 atom stereocenters. The van der Waals surface area contributed by atoms with Gasteiger partial charge in [-0.1, -0.05) is 6.42 Å². The van der Waals surface area contributed by atoms with Crippen molar-refractivity contribution >= 4 is 11.6 Å². The molecule has 162 valence electrons. The first kappa shape index (κ1) is 20.8. The zero-order chi connectivity index (χ0) is 21.0. The average molecular weight is 421 g/mol. The lowest BCUT2D eigenvalue weighted by molar-refractivity contribution is -0.139. The van der Waals surface area contributed by atoms with Crippen molar-refractivity contribution in [2.45, 2.75) is 76.2 Å². The van der Waals surface area contributed by atoms with Crippen LogP contribution in [0.3, 0.4) is 0 Å². The Hall–Kier alpha value is -2.51. The van der Waals surface area contributed by atoms with Gasteiger partial charge in [-0.15, -0.1) is 0 Å². The Kier molecular flexibility index (Phi) is 6.29. The lowest BCUT2D eigenvalue weighted by Crippen LogP contribution is -2.19. The minimum absolute atomic E-state index is 0.0666. The fourth-order valence-electron chi connectivity index (χ4n) is 4.00. The van der Waals surface area contributed by atoms with Gasteiger partial charge in [-0.05, 0) is 75.6 Å². The molecule has 2 aromatic rings. The van der Waals surface area contributed by atoms with E-state index in [2.05, 4.69) is 15.3 Å². The Morgan fingerprint density at radius 1 is 0.833 bits per heavy atom. The monoisotopic (exact) mass is 421 g/mol. The van der Waals surface area contributed by atoms with Crippen LogP contribution in [0.5, 0.6) is 11.6 Å². The van der Waals surface area contributed by atoms with Crippen LogP contribution < -0.4 is 14.8 Å². The van der Waals surface area contributed by atoms with E-state index in [9.17, 15) is 13.2 Å². The second-order valence-electron chi connectivity index (χ2n) is 7.96. The highest BCUT2D eigenvalue weighted by Crippen LogP contribution is 2.37. The lowest BCUT2D eigenvalue weighted by atomic mass is 9.98. The van der Waals surface area contributed by atoms with Crippen LogP contribution in [0.15, 0.2) is 30.5 Å². The molecule has 0 radical (unpaired) electrons. The predicted molar refractivity (Wildman–Crippen MR) is 107 cm³/mol. The summed E-state index contributed by atoms with van der Waals surface area (Å²) in [5.74, 6) is 0.437. The Bertz CT molecular complexity index is 831. The molecule has 1 aromatic carbocycles. The van der Waals surface area contributed by atoms with Gasteiger partial charge >= 0.3 is 6.18 Å². The van der Waals surface area contributed by atoms with Gasteiger partial charge in [-0.2, -0.15) is 18.2 Å². The smallest absolute Gasteiger partial charge is 0.423 e. The first-order valence-electron chi connectivity index (χ1n) is 10.6. The number of halogens is 3. The van der Waals surface area contributed by atoms with Crippen molar-refractivity contribution in [3.63, 3.8) is 0 Å². The molecule has 4 rings (SSSR count). The van der Waals surface area contributed by atoms with Crippen molar-refractivity contribution in [1.82, 2.24) is 9.97 Å². The Balaban J connectivity index is 1.45. The molecule has 2 aliphatic rings. The van der Waals surface area contributed by atoms with Crippen LogP contribution in [0.4, 0.5) is 24.8 Å². The number of anilines is 2. The number of ether oxygens (including phenoxy) is 2. The quantitative estimate of drug-likeness (QED) is 0.596. The number of hydrogen-bond acceptors (Lipinski definition) is 5. The van der Waals surface area contributed by atoms with Crippen molar-refractivity contribution in [1.29, 1.82) is 0 Å². The number of aromatic nitrogens is 2. The molecule has 0 aliphatic heterocycles. The average Bonchev–Trinajstić information content (AvgIpc) is 3.23. The molecule has 2 fully saturated rings. The highest BCUT2D eigenvalue weighted by atomic mass is 19.4. The van der Waals surface area contributed by atoms with E-state index in [4.69, 9.17) is 9.47 Å². The van der Waals surface area contributed by atoms with E-state index >= 15 is 0 Å². The van der Waals surface area contributed by atoms with Gasteiger partial charge in [-0.25, -0.2) is 4.98 Å². The maximum atomic E-state index is 13.3. The van der Waals surface area contributed by atoms with Crippen LogP contribution in [0, 0.1) is 0 Å². The van der Waals surface area contributed by atoms with Gasteiger partial charge in [0.25, 0.3) is 0 Å². The summed E-state index contributed by atoms with van der Waals surface area (Å²) in [5, 5.41) is 2.95. The van der Waals surface area contributed by atoms with Gasteiger partial charge < -0.3 is 14.8 Å². The maximum absolute atomic E-state index is 13.3. The third-order valence-corrected chi connectivity index (χ3v) is 5.61. The minimum Gasteiger partial charge on any atom is -0.490 e. The minimum atomic E-state index is -4.56. The van der Waals surface area contributed by atoms with Crippen molar-refractivity contribution in [2.75, 3.05) is 5.32 Å². The summed E-state index contributed by atoms with van der Waals surface area (Å²) in [6.07, 6.45) is 5.44. The molecule has 1 N–H and O–H groups in total. The van der Waals surface area contributed by atoms with E-state index < -0.39 is 17.6 Å². The zero-order valence-corrected chi connectivity index (χ0v) is 16.8. The molecule has 2 saturated carbocycles. The highest BCUT2D eigenvalue weighted by Gasteiger charge is 2.37. The Morgan fingerprint density at radius 3 is 2.07 bits per heavy atom. The first-order chi connectivity index (χ1) is 14.5. The zero-order valence-electron chi connectivity index (χ0n) is 16.8. The van der Waals surface area contributed by atoms with E-state index in [1.165, 1.54) is 19.3 Å². The molecule has 1 aromatic heterocycles. The predicted octanol–water partition coefficient (Wildman–Crippen LogP) is 6.27. The number of rotatable bonds is 6. The van der Waals surface area contributed by atoms with E-state index in [0.29, 0.717) is 5.69 Å². The Labute approximate surface area is 174 Å². The molecule has 8 heteroatoms. The van der Waals surface area contributed by atoms with Crippen molar-refractivity contribution in [2.24, 2.45) is 0 Å². The molecular weight excluding hydrogens is 395 g/mol. The van der Waals surface area contributed by atoms with Crippen LogP contribution in [0.1, 0.15) is 63.4 Å². The van der Waals surface area contributed by atoms with E-state index in [1.54, 1.807) is 12.1 Å². The summed E-state index contributed by atoms with van der Waals surface area (Å²) in [4.78, 5) is 7.86. The number of benzene rings is 1. The van der Waals surface area contributed by atoms with Crippen molar-refractivity contribution in [3.8, 4) is 11.6 Å². The molecule has 0 spiro atoms. The summed E-state index contributed by atoms with van der Waals surface area (Å²) in [6.45, 7) is 0. The fourth-order valence-corrected chi connectivity index (χ4v) is 4.00. The van der Waals surface area contributed by atoms with E-state index in [0.717, 1.165) is 50.5 Å². The molecule has 1 heterocycles. The van der Waals surface area contributed by atoms with Crippen LogP contribution in [0.25, 0.3) is 0 Å². The normalized spacial score (nSPS) is 18.4. The van der Waals surface area contributed by atoms with Crippen molar-refractivity contribution < 1.29 is 22.6 Å². The summed E-state index contributed by atoms with van der Waals surface area (Å²) < 4.78 is 51.6. The molecule has 0 saturated heterocycles. The maximum Gasteiger partial charge on any atom is 0.423 e. The van der Waals surface area contributed by atoms with Gasteiger partial charge in [0.1, 0.15) is 17.4 Å². The summed E-state index contributed by atoms with van der Waals surface area (Å²) in [6, 6.07) is 7.29. The second kappa shape index (κ2) is 9.10. The van der Waals surface area contributed by atoms with Crippen LogP contribution in [-0.2, 0) is 6.18 Å². The van der Waals surface area contributed by atoms with Crippen LogP contribution in [-0.4, -0.2) is 22.2 Å². The van der Waals surface area contributed by atoms with E-state index in [-0.39, 0.29) is 18.2 Å². The third kappa shape index (κ3) is 5.34. The molecule has 5 nitrogen and oxygen atoms in total. The van der Waals surface area contributed by atoms with Gasteiger partial charge in [0.05, 0.1) is 6.10 Å². The summed E-state index contributed by atoms with van der Waals surface area (Å²) in [7, 11) is 0.